The third kappa shape index (κ3) is 1.91. The van der Waals surface area contributed by atoms with E-state index in [0.29, 0.717) is 30.1 Å². The molecule has 1 aromatic rings. The number of hydrogen-bond donors (Lipinski definition) is 0. The van der Waals surface area contributed by atoms with Crippen LogP contribution in [0.2, 0.25) is 0 Å². The summed E-state index contributed by atoms with van der Waals surface area (Å²) < 4.78 is 10.6. The summed E-state index contributed by atoms with van der Waals surface area (Å²) in [6.45, 7) is 0.363. The smallest absolute Gasteiger partial charge is 0.172 e. The molecule has 0 bridgehead atoms. The maximum Gasteiger partial charge on any atom is 0.172 e. The van der Waals surface area contributed by atoms with Crippen LogP contribution >= 0.6 is 0 Å². The van der Waals surface area contributed by atoms with Crippen LogP contribution in [0, 0.1) is 0 Å². The molecule has 0 saturated carbocycles. The molecule has 2 rings (SSSR count). The van der Waals surface area contributed by atoms with Gasteiger partial charge in [-0.3, -0.25) is 9.79 Å². The van der Waals surface area contributed by atoms with Gasteiger partial charge in [-0.15, -0.1) is 0 Å². The van der Waals surface area contributed by atoms with Gasteiger partial charge in [0.15, 0.2) is 5.78 Å². The lowest BCUT2D eigenvalue weighted by molar-refractivity contribution is 0.100. The van der Waals surface area contributed by atoms with Crippen LogP contribution in [0.1, 0.15) is 16.8 Å². The molecule has 0 atom stereocenters. The Morgan fingerprint density at radius 2 is 2.25 bits per heavy atom. The molecule has 0 N–H and O–H groups in total. The van der Waals surface area contributed by atoms with E-state index in [4.69, 9.17) is 9.47 Å². The molecule has 0 aromatic heterocycles. The second-order valence-electron chi connectivity index (χ2n) is 3.54. The summed E-state index contributed by atoms with van der Waals surface area (Å²) in [5, 5.41) is 0. The SMILES string of the molecule is CN=C1COc2cc(OC)ccc2C(=O)C1. The number of hydrogen-bond acceptors (Lipinski definition) is 4. The molecule has 1 aliphatic heterocycles. The van der Waals surface area contributed by atoms with Crippen molar-refractivity contribution in [1.29, 1.82) is 0 Å². The molecular formula is C12H13NO3. The van der Waals surface area contributed by atoms with Crippen LogP contribution in [0.4, 0.5) is 0 Å². The molecule has 0 fully saturated rings. The van der Waals surface area contributed by atoms with Crippen LogP contribution in [-0.4, -0.2) is 32.3 Å². The van der Waals surface area contributed by atoms with Crippen molar-refractivity contribution in [3.63, 3.8) is 0 Å². The molecular weight excluding hydrogens is 206 g/mol. The Kier molecular flexibility index (Phi) is 2.90. The van der Waals surface area contributed by atoms with Gasteiger partial charge in [0.1, 0.15) is 18.1 Å². The summed E-state index contributed by atoms with van der Waals surface area (Å²) in [6, 6.07) is 5.22. The average molecular weight is 219 g/mol. The summed E-state index contributed by atoms with van der Waals surface area (Å²) in [4.78, 5) is 15.9. The Morgan fingerprint density at radius 3 is 2.94 bits per heavy atom. The molecule has 0 amide bonds. The van der Waals surface area contributed by atoms with Crippen LogP contribution in [0.15, 0.2) is 23.2 Å². The molecule has 1 aromatic carbocycles. The van der Waals surface area contributed by atoms with Gasteiger partial charge in [0, 0.05) is 13.1 Å². The molecule has 1 aliphatic rings. The van der Waals surface area contributed by atoms with E-state index in [1.165, 1.54) is 0 Å². The number of ether oxygens (including phenoxy) is 2. The molecule has 84 valence electrons. The number of fused-ring (bicyclic) bond motifs is 1. The van der Waals surface area contributed by atoms with Crippen molar-refractivity contribution in [2.45, 2.75) is 6.42 Å². The maximum absolute atomic E-state index is 11.9. The molecule has 0 saturated heterocycles. The molecule has 0 spiro atoms. The quantitative estimate of drug-likeness (QED) is 0.722. The fraction of sp³-hybridized carbons (Fsp3) is 0.333. The van der Waals surface area contributed by atoms with Gasteiger partial charge in [0.25, 0.3) is 0 Å². The van der Waals surface area contributed by atoms with Crippen molar-refractivity contribution in [1.82, 2.24) is 0 Å². The highest BCUT2D eigenvalue weighted by Gasteiger charge is 2.20. The normalized spacial score (nSPS) is 17.6. The summed E-state index contributed by atoms with van der Waals surface area (Å²) in [7, 11) is 3.25. The average Bonchev–Trinajstić information content (AvgIpc) is 2.48. The van der Waals surface area contributed by atoms with E-state index >= 15 is 0 Å². The lowest BCUT2D eigenvalue weighted by Gasteiger charge is -2.07. The maximum atomic E-state index is 11.9. The predicted molar refractivity (Wildman–Crippen MR) is 60.8 cm³/mol. The Bertz CT molecular complexity index is 452. The Morgan fingerprint density at radius 1 is 1.44 bits per heavy atom. The number of nitrogens with zero attached hydrogens (tertiary/aromatic N) is 1. The molecule has 1 heterocycles. The van der Waals surface area contributed by atoms with Crippen molar-refractivity contribution >= 4 is 11.5 Å². The first-order valence-electron chi connectivity index (χ1n) is 5.03. The van der Waals surface area contributed by atoms with E-state index in [2.05, 4.69) is 4.99 Å². The fourth-order valence-electron chi connectivity index (χ4n) is 1.62. The number of rotatable bonds is 1. The highest BCUT2D eigenvalue weighted by atomic mass is 16.5. The molecule has 0 radical (unpaired) electrons. The Balaban J connectivity index is 2.40. The van der Waals surface area contributed by atoms with Crippen LogP contribution in [0.25, 0.3) is 0 Å². The lowest BCUT2D eigenvalue weighted by atomic mass is 10.1. The first-order chi connectivity index (χ1) is 7.74. The monoisotopic (exact) mass is 219 g/mol. The zero-order valence-corrected chi connectivity index (χ0v) is 9.32. The Hall–Kier alpha value is -1.84. The van der Waals surface area contributed by atoms with Gasteiger partial charge in [-0.25, -0.2) is 0 Å². The molecule has 16 heavy (non-hydrogen) atoms. The van der Waals surface area contributed by atoms with Crippen molar-refractivity contribution in [2.24, 2.45) is 4.99 Å². The highest BCUT2D eigenvalue weighted by molar-refractivity contribution is 6.12. The largest absolute Gasteiger partial charge is 0.497 e. The third-order valence-corrected chi connectivity index (χ3v) is 2.56. The number of carbonyl (C=O) groups excluding carboxylic acids is 1. The molecule has 4 nitrogen and oxygen atoms in total. The number of ketones is 1. The van der Waals surface area contributed by atoms with Gasteiger partial charge < -0.3 is 9.47 Å². The zero-order valence-electron chi connectivity index (χ0n) is 9.32. The van der Waals surface area contributed by atoms with Crippen molar-refractivity contribution in [3.8, 4) is 11.5 Å². The number of methoxy groups -OCH3 is 1. The first-order valence-corrected chi connectivity index (χ1v) is 5.03. The predicted octanol–water partition coefficient (Wildman–Crippen LogP) is 1.73. The van der Waals surface area contributed by atoms with Gasteiger partial charge >= 0.3 is 0 Å². The van der Waals surface area contributed by atoms with E-state index in [9.17, 15) is 4.79 Å². The minimum absolute atomic E-state index is 0.0377. The van der Waals surface area contributed by atoms with Gasteiger partial charge in [-0.05, 0) is 12.1 Å². The van der Waals surface area contributed by atoms with Crippen molar-refractivity contribution in [3.05, 3.63) is 23.8 Å². The van der Waals surface area contributed by atoms with Crippen molar-refractivity contribution in [2.75, 3.05) is 20.8 Å². The molecule has 4 heteroatoms. The van der Waals surface area contributed by atoms with E-state index in [1.807, 2.05) is 0 Å². The molecule has 0 unspecified atom stereocenters. The van der Waals surface area contributed by atoms with Crippen molar-refractivity contribution < 1.29 is 14.3 Å². The minimum Gasteiger partial charge on any atom is -0.497 e. The standard InChI is InChI=1S/C12H13NO3/c1-13-8-5-11(14)10-4-3-9(15-2)6-12(10)16-7-8/h3-4,6H,5,7H2,1-2H3. The van der Waals surface area contributed by atoms with Crippen LogP contribution < -0.4 is 9.47 Å². The first kappa shape index (κ1) is 10.7. The van der Waals surface area contributed by atoms with Gasteiger partial charge in [0.2, 0.25) is 0 Å². The number of Topliss-reactive ketones (excluding diaryl/α,β-unsaturated/α-hetero) is 1. The second-order valence-corrected chi connectivity index (χ2v) is 3.54. The lowest BCUT2D eigenvalue weighted by Crippen LogP contribution is -2.11. The van der Waals surface area contributed by atoms with Gasteiger partial charge in [0.05, 0.1) is 24.8 Å². The highest BCUT2D eigenvalue weighted by Crippen LogP contribution is 2.27. The second kappa shape index (κ2) is 4.35. The number of aliphatic imine (C=N–C) groups is 1. The van der Waals surface area contributed by atoms with Crippen LogP contribution in [-0.2, 0) is 0 Å². The fourth-order valence-corrected chi connectivity index (χ4v) is 1.62. The number of benzene rings is 1. The van der Waals surface area contributed by atoms with Gasteiger partial charge in [-0.2, -0.15) is 0 Å². The topological polar surface area (TPSA) is 47.9 Å². The third-order valence-electron chi connectivity index (χ3n) is 2.56. The summed E-state index contributed by atoms with van der Waals surface area (Å²) in [5.74, 6) is 1.29. The summed E-state index contributed by atoms with van der Waals surface area (Å²) in [5.41, 5.74) is 1.36. The zero-order chi connectivity index (χ0) is 11.5. The minimum atomic E-state index is 0.0377. The van der Waals surface area contributed by atoms with E-state index in [0.717, 1.165) is 5.71 Å². The summed E-state index contributed by atoms with van der Waals surface area (Å²) >= 11 is 0. The van der Waals surface area contributed by atoms with E-state index < -0.39 is 0 Å². The number of carbonyl (C=O) groups is 1. The molecule has 0 aliphatic carbocycles. The van der Waals surface area contributed by atoms with Crippen LogP contribution in [0.3, 0.4) is 0 Å². The summed E-state index contributed by atoms with van der Waals surface area (Å²) in [6.07, 6.45) is 0.329. The van der Waals surface area contributed by atoms with E-state index in [-0.39, 0.29) is 5.78 Å². The van der Waals surface area contributed by atoms with Crippen LogP contribution in [0.5, 0.6) is 11.5 Å². The van der Waals surface area contributed by atoms with E-state index in [1.54, 1.807) is 32.4 Å². The Labute approximate surface area is 93.9 Å². The van der Waals surface area contributed by atoms with Gasteiger partial charge in [-0.1, -0.05) is 0 Å².